The first-order valence-corrected chi connectivity index (χ1v) is 15.7. The van der Waals surface area contributed by atoms with Crippen LogP contribution in [0.3, 0.4) is 0 Å². The van der Waals surface area contributed by atoms with E-state index in [1.165, 1.54) is 35.7 Å². The van der Waals surface area contributed by atoms with Crippen LogP contribution < -0.4 is 10.6 Å². The molecule has 44 heavy (non-hydrogen) atoms. The minimum atomic E-state index is -1.10. The third kappa shape index (κ3) is 6.71. The largest absolute Gasteiger partial charge is 0.511 e. The quantitative estimate of drug-likeness (QED) is 0.169. The smallest absolute Gasteiger partial charge is 0.478 e. The van der Waals surface area contributed by atoms with E-state index in [4.69, 9.17) is 14.2 Å². The second-order valence-corrected chi connectivity index (χ2v) is 12.9. The Morgan fingerprint density at radius 2 is 1.91 bits per heavy atom. The van der Waals surface area contributed by atoms with Gasteiger partial charge in [0.2, 0.25) is 18.6 Å². The molecule has 0 bridgehead atoms. The van der Waals surface area contributed by atoms with E-state index in [1.807, 2.05) is 6.92 Å². The number of aliphatic hydroxyl groups is 1. The molecule has 13 nitrogen and oxygen atoms in total. The fourth-order valence-electron chi connectivity index (χ4n) is 6.35. The summed E-state index contributed by atoms with van der Waals surface area (Å²) in [6.07, 6.45) is 2.93. The van der Waals surface area contributed by atoms with Crippen molar-refractivity contribution >= 4 is 47.4 Å². The molecule has 3 fully saturated rings. The van der Waals surface area contributed by atoms with E-state index in [0.29, 0.717) is 23.6 Å². The van der Waals surface area contributed by atoms with Gasteiger partial charge in [0.15, 0.2) is 0 Å². The lowest BCUT2D eigenvalue weighted by Crippen LogP contribution is -2.63. The van der Waals surface area contributed by atoms with Gasteiger partial charge in [-0.2, -0.15) is 0 Å². The zero-order valence-electron chi connectivity index (χ0n) is 24.5. The van der Waals surface area contributed by atoms with Gasteiger partial charge in [-0.1, -0.05) is 19.4 Å². The van der Waals surface area contributed by atoms with Crippen LogP contribution in [-0.4, -0.2) is 87.9 Å². The fraction of sp³-hybridized carbons (Fsp3) is 0.567. The van der Waals surface area contributed by atoms with Crippen molar-refractivity contribution in [3.8, 4) is 0 Å². The molecule has 4 aliphatic rings. The topological polar surface area (TPSA) is 181 Å². The van der Waals surface area contributed by atoms with Crippen LogP contribution in [-0.2, 0) is 28.6 Å². The highest BCUT2D eigenvalue weighted by atomic mass is 32.2. The molecule has 3 heterocycles. The maximum Gasteiger partial charge on any atom is 0.511 e. The Kier molecular flexibility index (Phi) is 9.81. The van der Waals surface area contributed by atoms with E-state index < -0.39 is 49.0 Å². The molecule has 238 valence electrons. The van der Waals surface area contributed by atoms with Gasteiger partial charge in [-0.15, -0.1) is 11.8 Å². The number of benzene rings is 1. The number of amides is 2. The lowest BCUT2D eigenvalue weighted by molar-refractivity contribution is -0.167. The first-order chi connectivity index (χ1) is 21.0. The number of rotatable bonds is 10. The molecule has 0 aromatic heterocycles. The summed E-state index contributed by atoms with van der Waals surface area (Å²) < 4.78 is 15.5. The van der Waals surface area contributed by atoms with Crippen LogP contribution in [0.15, 0.2) is 34.9 Å². The molecule has 6 atom stereocenters. The van der Waals surface area contributed by atoms with E-state index in [2.05, 4.69) is 10.6 Å². The number of esters is 1. The minimum absolute atomic E-state index is 0.0528. The van der Waals surface area contributed by atoms with Crippen LogP contribution >= 0.6 is 11.8 Å². The van der Waals surface area contributed by atoms with Crippen LogP contribution in [0.25, 0.3) is 0 Å². The van der Waals surface area contributed by atoms with Gasteiger partial charge in [0.25, 0.3) is 0 Å². The van der Waals surface area contributed by atoms with Crippen molar-refractivity contribution in [3.63, 3.8) is 0 Å². The average Bonchev–Trinajstić information content (AvgIpc) is 3.55. The molecule has 0 radical (unpaired) electrons. The van der Waals surface area contributed by atoms with Gasteiger partial charge in [-0.05, 0) is 57.2 Å². The zero-order valence-corrected chi connectivity index (χ0v) is 25.3. The number of β-lactam (4-membered cyclic amide) rings is 1. The monoisotopic (exact) mass is 631 g/mol. The Labute approximate surface area is 258 Å². The summed E-state index contributed by atoms with van der Waals surface area (Å²) in [6.45, 7) is 3.17. The van der Waals surface area contributed by atoms with Crippen LogP contribution in [0, 0.1) is 11.8 Å². The highest BCUT2D eigenvalue weighted by molar-refractivity contribution is 8.03. The molecular weight excluding hydrogens is 594 g/mol. The molecule has 0 unspecified atom stereocenters. The van der Waals surface area contributed by atoms with Crippen LogP contribution in [0.4, 0.5) is 10.5 Å². The lowest BCUT2D eigenvalue weighted by Gasteiger charge is -2.46. The summed E-state index contributed by atoms with van der Waals surface area (Å²) in [5.41, 5.74) is 0.470. The molecule has 1 saturated carbocycles. The number of aromatic carboxylic acids is 1. The molecular formula is C30H37N3O10S. The second-order valence-electron chi connectivity index (χ2n) is 11.6. The Hall–Kier alpha value is -3.62. The Balaban J connectivity index is 1.23. The maximum absolute atomic E-state index is 13.3. The summed E-state index contributed by atoms with van der Waals surface area (Å²) in [5, 5.41) is 25.2. The summed E-state index contributed by atoms with van der Waals surface area (Å²) in [5.74, 6) is -3.60. The van der Waals surface area contributed by atoms with Crippen LogP contribution in [0.2, 0.25) is 0 Å². The number of nitrogens with one attached hydrogen (secondary N) is 2. The first-order valence-electron chi connectivity index (χ1n) is 14.8. The third-order valence-electron chi connectivity index (χ3n) is 8.56. The number of nitrogens with zero attached hydrogens (tertiary/aromatic N) is 1. The van der Waals surface area contributed by atoms with E-state index in [1.54, 1.807) is 12.1 Å². The lowest BCUT2D eigenvalue weighted by atomic mass is 9.79. The number of carboxylic acids is 1. The van der Waals surface area contributed by atoms with E-state index in [-0.39, 0.29) is 40.3 Å². The van der Waals surface area contributed by atoms with Crippen molar-refractivity contribution in [1.29, 1.82) is 0 Å². The SMILES string of the molecule is C[C@@H](O)[C@H]1C(=O)N2C(C(=O)OCOC(=O)OC3CCCCC3)=C(S[C@@H]3CN[C@H](C(=O)Nc4cccc(C(=O)O)c4)C3)[C@H](C)[C@H]12. The number of fused-ring (bicyclic) bond motifs is 1. The number of carbonyl (C=O) groups excluding carboxylic acids is 4. The number of ether oxygens (including phenoxy) is 3. The van der Waals surface area contributed by atoms with Gasteiger partial charge in [-0.3, -0.25) is 9.59 Å². The van der Waals surface area contributed by atoms with Gasteiger partial charge >= 0.3 is 18.1 Å². The molecule has 2 saturated heterocycles. The summed E-state index contributed by atoms with van der Waals surface area (Å²) in [6, 6.07) is 4.96. The van der Waals surface area contributed by atoms with Crippen molar-refractivity contribution in [3.05, 3.63) is 40.4 Å². The molecule has 3 aliphatic heterocycles. The van der Waals surface area contributed by atoms with E-state index in [9.17, 15) is 34.2 Å². The first kappa shape index (κ1) is 31.8. The second kappa shape index (κ2) is 13.6. The Morgan fingerprint density at radius 1 is 1.16 bits per heavy atom. The molecule has 1 aromatic carbocycles. The van der Waals surface area contributed by atoms with E-state index >= 15 is 0 Å². The van der Waals surface area contributed by atoms with Crippen LogP contribution in [0.5, 0.6) is 0 Å². The molecule has 1 aliphatic carbocycles. The zero-order chi connectivity index (χ0) is 31.5. The predicted molar refractivity (Wildman–Crippen MR) is 157 cm³/mol. The van der Waals surface area contributed by atoms with Crippen molar-refractivity contribution in [2.45, 2.75) is 81.9 Å². The number of thioether (sulfide) groups is 1. The molecule has 2 amide bonds. The third-order valence-corrected chi connectivity index (χ3v) is 10.1. The molecule has 5 rings (SSSR count). The van der Waals surface area contributed by atoms with Crippen molar-refractivity contribution in [2.24, 2.45) is 11.8 Å². The number of hydrogen-bond acceptors (Lipinski definition) is 11. The minimum Gasteiger partial charge on any atom is -0.478 e. The fourth-order valence-corrected chi connectivity index (χ4v) is 7.83. The molecule has 0 spiro atoms. The van der Waals surface area contributed by atoms with Crippen LogP contribution in [0.1, 0.15) is 62.7 Å². The maximum atomic E-state index is 13.3. The van der Waals surface area contributed by atoms with Crippen molar-refractivity contribution < 1.29 is 48.4 Å². The number of anilines is 1. The Morgan fingerprint density at radius 3 is 2.61 bits per heavy atom. The van der Waals surface area contributed by atoms with E-state index in [0.717, 1.165) is 32.1 Å². The molecule has 4 N–H and O–H groups in total. The molecule has 14 heteroatoms. The highest BCUT2D eigenvalue weighted by Gasteiger charge is 2.60. The summed E-state index contributed by atoms with van der Waals surface area (Å²) in [7, 11) is 0. The van der Waals surface area contributed by atoms with Gasteiger partial charge in [0.1, 0.15) is 11.8 Å². The number of aliphatic hydroxyl groups excluding tert-OH is 1. The van der Waals surface area contributed by atoms with Crippen molar-refractivity contribution in [1.82, 2.24) is 10.2 Å². The normalized spacial score (nSPS) is 27.3. The van der Waals surface area contributed by atoms with Gasteiger partial charge in [-0.25, -0.2) is 14.4 Å². The number of carboxylic acid groups (broad SMARTS) is 1. The van der Waals surface area contributed by atoms with Gasteiger partial charge in [0, 0.05) is 28.3 Å². The molecule has 1 aromatic rings. The van der Waals surface area contributed by atoms with Gasteiger partial charge in [0.05, 0.1) is 29.7 Å². The number of hydrogen-bond donors (Lipinski definition) is 4. The standard InChI is InChI=1S/C30H37N3O10S/c1-15-23-22(16(2)34)27(36)33(23)24(29(39)41-14-42-30(40)43-19-9-4-3-5-10-19)25(15)44-20-12-21(31-13-20)26(35)32-18-8-6-7-17(11-18)28(37)38/h6-8,11,15-16,19-23,31,34H,3-5,9-10,12-14H2,1-2H3,(H,32,35)(H,37,38)/t15-,16-,20+,21+,22-,23-/m1/s1. The van der Waals surface area contributed by atoms with Gasteiger partial charge < -0.3 is 40.0 Å². The summed E-state index contributed by atoms with van der Waals surface area (Å²) >= 11 is 1.37. The Bertz CT molecular complexity index is 1340. The van der Waals surface area contributed by atoms with Crippen molar-refractivity contribution in [2.75, 3.05) is 18.7 Å². The highest BCUT2D eigenvalue weighted by Crippen LogP contribution is 2.52. The number of carbonyl (C=O) groups is 5. The summed E-state index contributed by atoms with van der Waals surface area (Å²) in [4.78, 5) is 64.6. The predicted octanol–water partition coefficient (Wildman–Crippen LogP) is 2.84. The average molecular weight is 632 g/mol.